The van der Waals surface area contributed by atoms with Gasteiger partial charge in [-0.15, -0.1) is 0 Å². The van der Waals surface area contributed by atoms with Gasteiger partial charge in [-0.2, -0.15) is 0 Å². The molecule has 0 unspecified atom stereocenters. The number of benzene rings is 1. The maximum Gasteiger partial charge on any atom is 0.221 e. The second-order valence-corrected chi connectivity index (χ2v) is 7.07. The van der Waals surface area contributed by atoms with Crippen molar-refractivity contribution in [2.24, 2.45) is 5.73 Å². The Labute approximate surface area is 125 Å². The zero-order valence-corrected chi connectivity index (χ0v) is 12.7. The largest absolute Gasteiger partial charge is 0.353 e. The fourth-order valence-electron chi connectivity index (χ4n) is 1.89. The van der Waals surface area contributed by atoms with Gasteiger partial charge in [0.05, 0.1) is 5.75 Å². The first-order valence-electron chi connectivity index (χ1n) is 7.03. The summed E-state index contributed by atoms with van der Waals surface area (Å²) in [5.74, 6) is -0.199. The summed E-state index contributed by atoms with van der Waals surface area (Å²) in [6.45, 7) is 0.559. The predicted molar refractivity (Wildman–Crippen MR) is 80.7 cm³/mol. The fraction of sp³-hybridized carbons (Fsp3) is 0.500. The average Bonchev–Trinajstić information content (AvgIpc) is 3.22. The van der Waals surface area contributed by atoms with Crippen molar-refractivity contribution in [3.05, 3.63) is 35.4 Å². The summed E-state index contributed by atoms with van der Waals surface area (Å²) in [6, 6.07) is 7.43. The molecule has 6 nitrogen and oxygen atoms in total. The van der Waals surface area contributed by atoms with E-state index in [0.29, 0.717) is 18.2 Å². The highest BCUT2D eigenvalue weighted by Gasteiger charge is 2.23. The third-order valence-corrected chi connectivity index (χ3v) is 4.59. The SMILES string of the molecule is NCc1ccc(CS(=O)(=O)NCCC(=O)NC2CC2)cc1. The molecule has 1 aliphatic rings. The first-order valence-corrected chi connectivity index (χ1v) is 8.68. The smallest absolute Gasteiger partial charge is 0.221 e. The number of carbonyl (C=O) groups is 1. The zero-order valence-electron chi connectivity index (χ0n) is 11.8. The summed E-state index contributed by atoms with van der Waals surface area (Å²) in [5, 5.41) is 2.82. The van der Waals surface area contributed by atoms with E-state index in [1.807, 2.05) is 12.1 Å². The highest BCUT2D eigenvalue weighted by Crippen LogP contribution is 2.18. The molecule has 21 heavy (non-hydrogen) atoms. The van der Waals surface area contributed by atoms with Gasteiger partial charge in [0, 0.05) is 25.6 Å². The van der Waals surface area contributed by atoms with Gasteiger partial charge in [-0.1, -0.05) is 24.3 Å². The van der Waals surface area contributed by atoms with E-state index >= 15 is 0 Å². The van der Waals surface area contributed by atoms with Crippen LogP contribution in [0.15, 0.2) is 24.3 Å². The summed E-state index contributed by atoms with van der Waals surface area (Å²) in [6.07, 6.45) is 2.22. The Morgan fingerprint density at radius 1 is 1.19 bits per heavy atom. The van der Waals surface area contributed by atoms with Crippen molar-refractivity contribution >= 4 is 15.9 Å². The molecule has 1 saturated carbocycles. The number of nitrogens with one attached hydrogen (secondary N) is 2. The van der Waals surface area contributed by atoms with E-state index in [-0.39, 0.29) is 24.6 Å². The van der Waals surface area contributed by atoms with Gasteiger partial charge in [0.25, 0.3) is 0 Å². The highest BCUT2D eigenvalue weighted by molar-refractivity contribution is 7.88. The molecule has 1 aromatic carbocycles. The molecule has 0 saturated heterocycles. The van der Waals surface area contributed by atoms with Crippen LogP contribution in [0, 0.1) is 0 Å². The van der Waals surface area contributed by atoms with Crippen molar-refractivity contribution < 1.29 is 13.2 Å². The average molecular weight is 311 g/mol. The number of carbonyl (C=O) groups excluding carboxylic acids is 1. The predicted octanol–water partition coefficient (Wildman–Crippen LogP) is 0.233. The van der Waals surface area contributed by atoms with Crippen LogP contribution >= 0.6 is 0 Å². The van der Waals surface area contributed by atoms with Gasteiger partial charge in [-0.3, -0.25) is 4.79 Å². The molecule has 0 spiro atoms. The van der Waals surface area contributed by atoms with E-state index in [0.717, 1.165) is 18.4 Å². The number of sulfonamides is 1. The molecule has 0 heterocycles. The molecule has 0 bridgehead atoms. The zero-order chi connectivity index (χ0) is 15.3. The van der Waals surface area contributed by atoms with Gasteiger partial charge in [0.1, 0.15) is 0 Å². The Morgan fingerprint density at radius 3 is 2.38 bits per heavy atom. The molecule has 1 amide bonds. The lowest BCUT2D eigenvalue weighted by molar-refractivity contribution is -0.121. The number of nitrogens with two attached hydrogens (primary N) is 1. The molecule has 0 radical (unpaired) electrons. The topological polar surface area (TPSA) is 101 Å². The first kappa shape index (κ1) is 15.9. The van der Waals surface area contributed by atoms with Crippen LogP contribution in [0.4, 0.5) is 0 Å². The molecular weight excluding hydrogens is 290 g/mol. The molecule has 0 aromatic heterocycles. The summed E-state index contributed by atoms with van der Waals surface area (Å²) < 4.78 is 26.3. The second kappa shape index (κ2) is 7.02. The minimum absolute atomic E-state index is 0.0951. The summed E-state index contributed by atoms with van der Waals surface area (Å²) >= 11 is 0. The van der Waals surface area contributed by atoms with Gasteiger partial charge in [0.15, 0.2) is 0 Å². The Kier molecular flexibility index (Phi) is 5.33. The molecule has 0 aliphatic heterocycles. The molecular formula is C14H21N3O3S. The minimum Gasteiger partial charge on any atom is -0.353 e. The van der Waals surface area contributed by atoms with Crippen molar-refractivity contribution in [3.8, 4) is 0 Å². The third kappa shape index (κ3) is 5.82. The monoisotopic (exact) mass is 311 g/mol. The van der Waals surface area contributed by atoms with E-state index < -0.39 is 10.0 Å². The van der Waals surface area contributed by atoms with E-state index in [9.17, 15) is 13.2 Å². The maximum absolute atomic E-state index is 11.9. The molecule has 2 rings (SSSR count). The van der Waals surface area contributed by atoms with E-state index in [4.69, 9.17) is 5.73 Å². The molecule has 1 aliphatic carbocycles. The van der Waals surface area contributed by atoms with Crippen LogP contribution in [0.5, 0.6) is 0 Å². The first-order chi connectivity index (χ1) is 9.98. The minimum atomic E-state index is -3.42. The Bertz CT molecular complexity index is 580. The molecule has 4 N–H and O–H groups in total. The number of hydrogen-bond acceptors (Lipinski definition) is 4. The summed E-state index contributed by atoms with van der Waals surface area (Å²) in [4.78, 5) is 11.5. The van der Waals surface area contributed by atoms with Gasteiger partial charge >= 0.3 is 0 Å². The lowest BCUT2D eigenvalue weighted by Crippen LogP contribution is -2.32. The van der Waals surface area contributed by atoms with E-state index in [1.54, 1.807) is 12.1 Å². The molecule has 116 valence electrons. The standard InChI is InChI=1S/C14H21N3O3S/c15-9-11-1-3-12(4-2-11)10-21(19,20)16-8-7-14(18)17-13-5-6-13/h1-4,13,16H,5-10,15H2,(H,17,18). The van der Waals surface area contributed by atoms with E-state index in [2.05, 4.69) is 10.0 Å². The van der Waals surface area contributed by atoms with Gasteiger partial charge in [-0.25, -0.2) is 13.1 Å². The highest BCUT2D eigenvalue weighted by atomic mass is 32.2. The van der Waals surface area contributed by atoms with Gasteiger partial charge < -0.3 is 11.1 Å². The normalized spacial score (nSPS) is 14.9. The van der Waals surface area contributed by atoms with Gasteiger partial charge in [-0.05, 0) is 24.0 Å². The van der Waals surface area contributed by atoms with Crippen molar-refractivity contribution in [2.45, 2.75) is 37.6 Å². The van der Waals surface area contributed by atoms with Crippen LogP contribution in [0.2, 0.25) is 0 Å². The van der Waals surface area contributed by atoms with Crippen molar-refractivity contribution in [3.63, 3.8) is 0 Å². The van der Waals surface area contributed by atoms with Gasteiger partial charge in [0.2, 0.25) is 15.9 Å². The quantitative estimate of drug-likeness (QED) is 0.640. The van der Waals surface area contributed by atoms with Crippen molar-refractivity contribution in [2.75, 3.05) is 6.54 Å². The summed E-state index contributed by atoms with van der Waals surface area (Å²) in [7, 11) is -3.42. The van der Waals surface area contributed by atoms with Crippen LogP contribution < -0.4 is 15.8 Å². The lowest BCUT2D eigenvalue weighted by Gasteiger charge is -2.07. The number of rotatable bonds is 8. The molecule has 1 fully saturated rings. The number of amides is 1. The maximum atomic E-state index is 11.9. The van der Waals surface area contributed by atoms with Crippen LogP contribution in [-0.2, 0) is 27.1 Å². The van der Waals surface area contributed by atoms with Crippen LogP contribution in [-0.4, -0.2) is 26.9 Å². The Morgan fingerprint density at radius 2 is 1.81 bits per heavy atom. The van der Waals surface area contributed by atoms with Crippen molar-refractivity contribution in [1.29, 1.82) is 0 Å². The summed E-state index contributed by atoms with van der Waals surface area (Å²) in [5.41, 5.74) is 7.15. The lowest BCUT2D eigenvalue weighted by atomic mass is 10.1. The second-order valence-electron chi connectivity index (χ2n) is 5.27. The molecule has 1 aromatic rings. The number of hydrogen-bond donors (Lipinski definition) is 3. The third-order valence-electron chi connectivity index (χ3n) is 3.23. The van der Waals surface area contributed by atoms with Crippen LogP contribution in [0.3, 0.4) is 0 Å². The molecule has 7 heteroatoms. The van der Waals surface area contributed by atoms with Crippen molar-refractivity contribution in [1.82, 2.24) is 10.0 Å². The Balaban J connectivity index is 1.76. The van der Waals surface area contributed by atoms with Crippen LogP contribution in [0.1, 0.15) is 30.4 Å². The fourth-order valence-corrected chi connectivity index (χ4v) is 3.04. The van der Waals surface area contributed by atoms with Crippen LogP contribution in [0.25, 0.3) is 0 Å². The molecule has 0 atom stereocenters. The Hall–Kier alpha value is -1.44. The van der Waals surface area contributed by atoms with E-state index in [1.165, 1.54) is 0 Å².